The predicted octanol–water partition coefficient (Wildman–Crippen LogP) is 7.20. The Balaban J connectivity index is 1.25. The van der Waals surface area contributed by atoms with Crippen molar-refractivity contribution in [3.8, 4) is 33.6 Å². The van der Waals surface area contributed by atoms with Gasteiger partial charge in [-0.05, 0) is 51.4 Å². The lowest BCUT2D eigenvalue weighted by molar-refractivity contribution is -0.139. The molecule has 0 radical (unpaired) electrons. The molecule has 1 aromatic heterocycles. The summed E-state index contributed by atoms with van der Waals surface area (Å²) in [6.07, 6.45) is 3.77. The summed E-state index contributed by atoms with van der Waals surface area (Å²) in [4.78, 5) is 33.9. The van der Waals surface area contributed by atoms with Crippen LogP contribution in [0.2, 0.25) is 0 Å². The second kappa shape index (κ2) is 12.2. The van der Waals surface area contributed by atoms with Gasteiger partial charge in [0, 0.05) is 35.5 Å². The molecule has 210 valence electrons. The maximum Gasteiger partial charge on any atom is 0.326 e. The fourth-order valence-electron chi connectivity index (χ4n) is 4.72. The Kier molecular flexibility index (Phi) is 8.25. The van der Waals surface area contributed by atoms with Gasteiger partial charge < -0.3 is 10.4 Å². The molecule has 0 saturated carbocycles. The number of carboxylic acid groups (broad SMARTS) is 1. The van der Waals surface area contributed by atoms with Gasteiger partial charge in [-0.3, -0.25) is 4.79 Å². The van der Waals surface area contributed by atoms with Gasteiger partial charge in [-0.15, -0.1) is 0 Å². The second-order valence-electron chi connectivity index (χ2n) is 11.3. The van der Waals surface area contributed by atoms with E-state index in [1.54, 1.807) is 12.1 Å². The number of rotatable bonds is 8. The first-order valence-electron chi connectivity index (χ1n) is 13.9. The van der Waals surface area contributed by atoms with Crippen LogP contribution in [0.25, 0.3) is 33.6 Å². The fraction of sp³-hybridized carbons (Fsp3) is 0.167. The van der Waals surface area contributed by atoms with Crippen molar-refractivity contribution >= 4 is 11.9 Å². The molecule has 0 bridgehead atoms. The van der Waals surface area contributed by atoms with Gasteiger partial charge in [-0.1, -0.05) is 106 Å². The van der Waals surface area contributed by atoms with Gasteiger partial charge in [0.1, 0.15) is 6.04 Å². The lowest BCUT2D eigenvalue weighted by Crippen LogP contribution is -2.42. The summed E-state index contributed by atoms with van der Waals surface area (Å²) < 4.78 is 0. The Morgan fingerprint density at radius 3 is 1.90 bits per heavy atom. The second-order valence-corrected chi connectivity index (χ2v) is 11.3. The number of carbonyl (C=O) groups excluding carboxylic acids is 1. The molecule has 0 aliphatic rings. The monoisotopic (exact) mass is 555 g/mol. The van der Waals surface area contributed by atoms with Crippen molar-refractivity contribution in [3.63, 3.8) is 0 Å². The quantitative estimate of drug-likeness (QED) is 0.211. The van der Waals surface area contributed by atoms with Crippen LogP contribution in [0.15, 0.2) is 116 Å². The molecule has 1 atom stereocenters. The first-order valence-corrected chi connectivity index (χ1v) is 13.9. The third-order valence-corrected chi connectivity index (χ3v) is 7.22. The van der Waals surface area contributed by atoms with Gasteiger partial charge in [0.05, 0.1) is 0 Å². The molecule has 4 aromatic carbocycles. The molecule has 6 nitrogen and oxygen atoms in total. The molecule has 0 spiro atoms. The molecule has 5 aromatic rings. The summed E-state index contributed by atoms with van der Waals surface area (Å²) in [6, 6.07) is 32.1. The van der Waals surface area contributed by atoms with Crippen LogP contribution in [0.4, 0.5) is 0 Å². The number of carbonyl (C=O) groups is 2. The maximum absolute atomic E-state index is 12.8. The van der Waals surface area contributed by atoms with Gasteiger partial charge in [0.15, 0.2) is 5.82 Å². The van der Waals surface area contributed by atoms with E-state index in [2.05, 4.69) is 60.3 Å². The number of nitrogens with zero attached hydrogens (tertiary/aromatic N) is 2. The Hall–Kier alpha value is -5.10. The predicted molar refractivity (Wildman–Crippen MR) is 166 cm³/mol. The summed E-state index contributed by atoms with van der Waals surface area (Å²) in [5, 5.41) is 12.4. The fourth-order valence-corrected chi connectivity index (χ4v) is 4.72. The van der Waals surface area contributed by atoms with E-state index < -0.39 is 17.9 Å². The summed E-state index contributed by atoms with van der Waals surface area (Å²) in [6.45, 7) is 6.30. The molecule has 42 heavy (non-hydrogen) atoms. The highest BCUT2D eigenvalue weighted by atomic mass is 16.4. The van der Waals surface area contributed by atoms with Crippen molar-refractivity contribution in [1.29, 1.82) is 0 Å². The average Bonchev–Trinajstić information content (AvgIpc) is 3.01. The molecule has 6 heteroatoms. The Morgan fingerprint density at radius 1 is 0.714 bits per heavy atom. The SMILES string of the molecule is CC(C)(C)c1ccc(C(=O)N[C@@H](Cc2ccc(-c3ncc(-c4cccc(-c5ccccc5)c4)cn3)cc2)C(=O)O)cc1. The first-order chi connectivity index (χ1) is 20.2. The molecule has 5 rings (SSSR count). The van der Waals surface area contributed by atoms with Gasteiger partial charge >= 0.3 is 5.97 Å². The van der Waals surface area contributed by atoms with Crippen LogP contribution in [0.1, 0.15) is 42.3 Å². The number of aromatic nitrogens is 2. The average molecular weight is 556 g/mol. The molecule has 0 aliphatic heterocycles. The van der Waals surface area contributed by atoms with Crippen molar-refractivity contribution < 1.29 is 14.7 Å². The van der Waals surface area contributed by atoms with Crippen molar-refractivity contribution in [2.45, 2.75) is 38.6 Å². The topological polar surface area (TPSA) is 92.2 Å². The van der Waals surface area contributed by atoms with E-state index in [9.17, 15) is 14.7 Å². The van der Waals surface area contributed by atoms with Crippen molar-refractivity contribution in [2.24, 2.45) is 0 Å². The first kappa shape index (κ1) is 28.4. The van der Waals surface area contributed by atoms with Crippen LogP contribution >= 0.6 is 0 Å². The maximum atomic E-state index is 12.8. The summed E-state index contributed by atoms with van der Waals surface area (Å²) >= 11 is 0. The minimum atomic E-state index is -1.09. The molecule has 1 heterocycles. The standard InChI is InChI=1S/C36H33N3O3/c1-36(2,3)31-18-16-27(17-19-31)34(40)39-32(35(41)42)20-24-12-14-26(15-13-24)33-37-22-30(23-38-33)29-11-7-10-28(21-29)25-8-5-4-6-9-25/h4-19,21-23,32H,20H2,1-3H3,(H,39,40)(H,41,42)/t32-/m0/s1. The lowest BCUT2D eigenvalue weighted by Gasteiger charge is -2.19. The third kappa shape index (κ3) is 6.78. The van der Waals surface area contributed by atoms with Crippen LogP contribution in [-0.2, 0) is 16.6 Å². The minimum absolute atomic E-state index is 0.0354. The Morgan fingerprint density at radius 2 is 1.31 bits per heavy atom. The number of aliphatic carboxylic acids is 1. The van der Waals surface area contributed by atoms with Gasteiger partial charge in [0.2, 0.25) is 0 Å². The highest BCUT2D eigenvalue weighted by Gasteiger charge is 2.22. The Bertz CT molecular complexity index is 1670. The molecule has 0 saturated heterocycles. The summed E-state index contributed by atoms with van der Waals surface area (Å²) in [7, 11) is 0. The summed E-state index contributed by atoms with van der Waals surface area (Å²) in [5.74, 6) is -0.928. The van der Waals surface area contributed by atoms with E-state index >= 15 is 0 Å². The normalized spacial score (nSPS) is 12.0. The van der Waals surface area contributed by atoms with Gasteiger partial charge in [-0.2, -0.15) is 0 Å². The number of benzene rings is 4. The minimum Gasteiger partial charge on any atom is -0.480 e. The zero-order valence-electron chi connectivity index (χ0n) is 23.9. The van der Waals surface area contributed by atoms with Crippen molar-refractivity contribution in [1.82, 2.24) is 15.3 Å². The highest BCUT2D eigenvalue weighted by Crippen LogP contribution is 2.27. The van der Waals surface area contributed by atoms with E-state index in [4.69, 9.17) is 0 Å². The highest BCUT2D eigenvalue weighted by molar-refractivity contribution is 5.96. The molecule has 1 amide bonds. The van der Waals surface area contributed by atoms with Gasteiger partial charge in [0.25, 0.3) is 5.91 Å². The van der Waals surface area contributed by atoms with Crippen LogP contribution in [0, 0.1) is 0 Å². The number of carboxylic acids is 1. The smallest absolute Gasteiger partial charge is 0.326 e. The zero-order chi connectivity index (χ0) is 29.7. The molecular weight excluding hydrogens is 522 g/mol. The van der Waals surface area contributed by atoms with Crippen LogP contribution < -0.4 is 5.32 Å². The lowest BCUT2D eigenvalue weighted by atomic mass is 9.86. The third-order valence-electron chi connectivity index (χ3n) is 7.22. The number of amides is 1. The largest absolute Gasteiger partial charge is 0.480 e. The zero-order valence-corrected chi connectivity index (χ0v) is 23.9. The van der Waals surface area contributed by atoms with E-state index in [1.165, 1.54) is 0 Å². The van der Waals surface area contributed by atoms with E-state index in [0.717, 1.165) is 38.9 Å². The van der Waals surface area contributed by atoms with Crippen molar-refractivity contribution in [2.75, 3.05) is 0 Å². The Labute approximate surface area is 246 Å². The van der Waals surface area contributed by atoms with E-state index in [-0.39, 0.29) is 11.8 Å². The van der Waals surface area contributed by atoms with Gasteiger partial charge in [-0.25, -0.2) is 14.8 Å². The molecule has 0 aliphatic carbocycles. The molecule has 0 unspecified atom stereocenters. The van der Waals surface area contributed by atoms with Crippen LogP contribution in [0.3, 0.4) is 0 Å². The summed E-state index contributed by atoms with van der Waals surface area (Å²) in [5.41, 5.74) is 7.32. The van der Waals surface area contributed by atoms with Crippen LogP contribution in [0.5, 0.6) is 0 Å². The molecular formula is C36H33N3O3. The number of hydrogen-bond donors (Lipinski definition) is 2. The van der Waals surface area contributed by atoms with Crippen molar-refractivity contribution in [3.05, 3.63) is 132 Å². The van der Waals surface area contributed by atoms with E-state index in [1.807, 2.05) is 79.1 Å². The van der Waals surface area contributed by atoms with Crippen LogP contribution in [-0.4, -0.2) is 33.0 Å². The van der Waals surface area contributed by atoms with E-state index in [0.29, 0.717) is 11.4 Å². The number of nitrogens with one attached hydrogen (secondary N) is 1. The molecule has 0 fully saturated rings. The molecule has 2 N–H and O–H groups in total. The number of hydrogen-bond acceptors (Lipinski definition) is 4.